The van der Waals surface area contributed by atoms with Crippen molar-refractivity contribution in [2.75, 3.05) is 0 Å². The molecule has 3 aromatic rings. The summed E-state index contributed by atoms with van der Waals surface area (Å²) in [5.41, 5.74) is -2.01. The van der Waals surface area contributed by atoms with Crippen LogP contribution in [0.1, 0.15) is 28.8 Å². The molecule has 152 valence electrons. The molecule has 0 spiro atoms. The van der Waals surface area contributed by atoms with Crippen LogP contribution in [-0.2, 0) is 0 Å². The summed E-state index contributed by atoms with van der Waals surface area (Å²) in [5, 5.41) is 9.24. The van der Waals surface area contributed by atoms with E-state index in [0.717, 1.165) is 6.42 Å². The predicted octanol–water partition coefficient (Wildman–Crippen LogP) is 5.77. The zero-order chi connectivity index (χ0) is 21.4. The molecule has 0 saturated heterocycles. The zero-order valence-corrected chi connectivity index (χ0v) is 15.3. The zero-order valence-electron chi connectivity index (χ0n) is 15.3. The lowest BCUT2D eigenvalue weighted by Gasteiger charge is -2.12. The number of aromatic carboxylic acids is 1. The molecule has 0 aliphatic heterocycles. The molecule has 2 N–H and O–H groups in total. The number of nitrogens with one attached hydrogen (secondary N) is 1. The third kappa shape index (κ3) is 3.20. The van der Waals surface area contributed by atoms with Crippen LogP contribution in [0.25, 0.3) is 28.0 Å². The fourth-order valence-corrected chi connectivity index (χ4v) is 3.31. The first-order chi connectivity index (χ1) is 14.4. The van der Waals surface area contributed by atoms with E-state index in [1.807, 2.05) is 0 Å². The van der Waals surface area contributed by atoms with Gasteiger partial charge in [0.25, 0.3) is 0 Å². The summed E-state index contributed by atoms with van der Waals surface area (Å²) in [4.78, 5) is 17.8. The van der Waals surface area contributed by atoms with Crippen LogP contribution >= 0.6 is 0 Å². The summed E-state index contributed by atoms with van der Waals surface area (Å²) in [6, 6.07) is 4.10. The van der Waals surface area contributed by atoms with E-state index in [-0.39, 0.29) is 22.2 Å². The Morgan fingerprint density at radius 2 is 1.63 bits per heavy atom. The van der Waals surface area contributed by atoms with E-state index in [4.69, 9.17) is 0 Å². The molecule has 4 rings (SSSR count). The molecule has 1 heterocycles. The van der Waals surface area contributed by atoms with Crippen LogP contribution in [0.15, 0.2) is 48.6 Å². The number of carboxylic acid groups (broad SMARTS) is 1. The molecule has 0 saturated carbocycles. The molecule has 0 bridgehead atoms. The van der Waals surface area contributed by atoms with Crippen LogP contribution in [0.5, 0.6) is 0 Å². The summed E-state index contributed by atoms with van der Waals surface area (Å²) in [5.74, 6) is -8.19. The molecule has 4 nitrogen and oxygen atoms in total. The monoisotopic (exact) mass is 414 g/mol. The number of hydrogen-bond acceptors (Lipinski definition) is 2. The Hall–Kier alpha value is -3.68. The normalized spacial score (nSPS) is 15.0. The van der Waals surface area contributed by atoms with Crippen LogP contribution < -0.4 is 0 Å². The highest BCUT2D eigenvalue weighted by Gasteiger charge is 2.29. The molecule has 2 aromatic carbocycles. The summed E-state index contributed by atoms with van der Waals surface area (Å²) in [6.45, 7) is 0. The summed E-state index contributed by atoms with van der Waals surface area (Å²) < 4.78 is 59.5. The smallest absolute Gasteiger partial charge is 0.337 e. The minimum Gasteiger partial charge on any atom is -0.478 e. The maximum absolute atomic E-state index is 14.9. The van der Waals surface area contributed by atoms with Crippen LogP contribution in [0.3, 0.4) is 0 Å². The van der Waals surface area contributed by atoms with Crippen LogP contribution in [0.2, 0.25) is 0 Å². The van der Waals surface area contributed by atoms with Gasteiger partial charge in [-0.2, -0.15) is 0 Å². The average Bonchev–Trinajstić information content (AvgIpc) is 3.11. The van der Waals surface area contributed by atoms with E-state index in [2.05, 4.69) is 9.97 Å². The number of aromatic amines is 1. The van der Waals surface area contributed by atoms with Crippen molar-refractivity contribution in [1.82, 2.24) is 9.97 Å². The number of carbonyl (C=O) groups is 1. The molecule has 0 amide bonds. The number of allylic oxidation sites excluding steroid dienone is 6. The molecule has 0 fully saturated rings. The molecular formula is C22H14F4N2O2. The highest BCUT2D eigenvalue weighted by atomic mass is 19.2. The van der Waals surface area contributed by atoms with Crippen molar-refractivity contribution >= 4 is 22.6 Å². The number of hydrogen-bond donors (Lipinski definition) is 2. The van der Waals surface area contributed by atoms with Crippen molar-refractivity contribution < 1.29 is 27.5 Å². The summed E-state index contributed by atoms with van der Waals surface area (Å²) >= 11 is 0. The number of benzene rings is 2. The first-order valence-electron chi connectivity index (χ1n) is 9.02. The number of H-pyrrole nitrogens is 1. The molecule has 0 atom stereocenters. The van der Waals surface area contributed by atoms with E-state index in [1.54, 1.807) is 18.2 Å². The van der Waals surface area contributed by atoms with Crippen molar-refractivity contribution in [1.29, 1.82) is 0 Å². The fraction of sp³-hybridized carbons (Fsp3) is 0.0909. The Bertz CT molecular complexity index is 1240. The number of halogens is 4. The molecule has 1 aliphatic rings. The Morgan fingerprint density at radius 3 is 2.33 bits per heavy atom. The number of imidazole rings is 1. The Kier molecular flexibility index (Phi) is 4.99. The maximum Gasteiger partial charge on any atom is 0.337 e. The predicted molar refractivity (Wildman–Crippen MR) is 104 cm³/mol. The lowest BCUT2D eigenvalue weighted by Crippen LogP contribution is -2.06. The minimum atomic E-state index is -1.62. The van der Waals surface area contributed by atoms with Crippen molar-refractivity contribution in [3.63, 3.8) is 0 Å². The third-order valence-corrected chi connectivity index (χ3v) is 4.74. The first-order valence-corrected chi connectivity index (χ1v) is 9.02. The number of aromatic nitrogens is 2. The van der Waals surface area contributed by atoms with E-state index in [1.165, 1.54) is 30.4 Å². The Morgan fingerprint density at radius 1 is 0.967 bits per heavy atom. The third-order valence-electron chi connectivity index (χ3n) is 4.74. The van der Waals surface area contributed by atoms with Gasteiger partial charge in [-0.1, -0.05) is 36.4 Å². The molecule has 0 radical (unpaired) electrons. The molecule has 8 heteroatoms. The molecular weight excluding hydrogens is 400 g/mol. The highest BCUT2D eigenvalue weighted by molar-refractivity contribution is 6.01. The van der Waals surface area contributed by atoms with Crippen LogP contribution in [0.4, 0.5) is 17.6 Å². The molecule has 1 aromatic heterocycles. The lowest BCUT2D eigenvalue weighted by molar-refractivity contribution is 0.0699. The van der Waals surface area contributed by atoms with Gasteiger partial charge in [0.1, 0.15) is 11.3 Å². The quantitative estimate of drug-likeness (QED) is 0.422. The second-order valence-corrected chi connectivity index (χ2v) is 6.63. The largest absolute Gasteiger partial charge is 0.478 e. The first kappa shape index (κ1) is 19.6. The fourth-order valence-electron chi connectivity index (χ4n) is 3.31. The minimum absolute atomic E-state index is 0.0110. The highest BCUT2D eigenvalue weighted by Crippen LogP contribution is 2.35. The van der Waals surface area contributed by atoms with Gasteiger partial charge in [0.05, 0.1) is 22.2 Å². The number of rotatable bonds is 3. The molecule has 30 heavy (non-hydrogen) atoms. The summed E-state index contributed by atoms with van der Waals surface area (Å²) in [7, 11) is 0. The van der Waals surface area contributed by atoms with Crippen molar-refractivity contribution in [2.45, 2.75) is 12.8 Å². The van der Waals surface area contributed by atoms with Gasteiger partial charge in [-0.3, -0.25) is 0 Å². The number of carboxylic acids is 1. The van der Waals surface area contributed by atoms with Gasteiger partial charge in [0.2, 0.25) is 0 Å². The topological polar surface area (TPSA) is 66.0 Å². The van der Waals surface area contributed by atoms with Gasteiger partial charge in [0.15, 0.2) is 23.3 Å². The van der Waals surface area contributed by atoms with Gasteiger partial charge in [-0.25, -0.2) is 27.3 Å². The van der Waals surface area contributed by atoms with Gasteiger partial charge < -0.3 is 10.1 Å². The number of fused-ring (bicyclic) bond motifs is 1. The second-order valence-electron chi connectivity index (χ2n) is 6.63. The Balaban J connectivity index is 1.94. The molecule has 0 unspecified atom stereocenters. The van der Waals surface area contributed by atoms with E-state index < -0.39 is 46.2 Å². The van der Waals surface area contributed by atoms with Gasteiger partial charge >= 0.3 is 5.97 Å². The van der Waals surface area contributed by atoms with Gasteiger partial charge in [0, 0.05) is 0 Å². The SMILES string of the molecule is O=C(O)c1cccc2[nH]c(-c3c(F)c(F)c(C4=C/C=C\CCC=C4)c(F)c3F)nc12. The van der Waals surface area contributed by atoms with Crippen molar-refractivity contribution in [3.8, 4) is 11.4 Å². The van der Waals surface area contributed by atoms with Crippen molar-refractivity contribution in [2.24, 2.45) is 0 Å². The number of para-hydroxylation sites is 1. The lowest BCUT2D eigenvalue weighted by atomic mass is 9.98. The van der Waals surface area contributed by atoms with Crippen molar-refractivity contribution in [3.05, 3.63) is 83.0 Å². The van der Waals surface area contributed by atoms with E-state index >= 15 is 0 Å². The van der Waals surface area contributed by atoms with E-state index in [9.17, 15) is 27.5 Å². The van der Waals surface area contributed by atoms with Gasteiger partial charge in [-0.05, 0) is 30.5 Å². The maximum atomic E-state index is 14.9. The van der Waals surface area contributed by atoms with Gasteiger partial charge in [-0.15, -0.1) is 0 Å². The van der Waals surface area contributed by atoms with Crippen LogP contribution in [-0.4, -0.2) is 21.0 Å². The van der Waals surface area contributed by atoms with Crippen LogP contribution in [0, 0.1) is 23.3 Å². The average molecular weight is 414 g/mol. The Labute approximate surface area is 167 Å². The standard InChI is InChI=1S/C22H14F4N2O2/c23-16-14(11-7-4-2-1-3-5-8-11)17(24)19(26)15(18(16)25)21-27-13-10-6-9-12(22(29)30)20(13)28-21/h2,4-10H,1,3H2,(H,27,28)(H,29,30)/b4-2-,8-5?,11-7?. The number of nitrogens with zero attached hydrogens (tertiary/aromatic N) is 1. The molecule has 1 aliphatic carbocycles. The second kappa shape index (κ2) is 7.62. The van der Waals surface area contributed by atoms with E-state index in [0.29, 0.717) is 6.42 Å². The summed E-state index contributed by atoms with van der Waals surface area (Å²) in [6.07, 6.45) is 9.12.